The summed E-state index contributed by atoms with van der Waals surface area (Å²) in [6, 6.07) is 13.7. The van der Waals surface area contributed by atoms with Crippen molar-refractivity contribution in [3.63, 3.8) is 0 Å². The van der Waals surface area contributed by atoms with Crippen LogP contribution in [0.1, 0.15) is 56.9 Å². The molecule has 0 bridgehead atoms. The van der Waals surface area contributed by atoms with Crippen molar-refractivity contribution >= 4 is 11.0 Å². The SMILES string of the molecule is C[C@@H](N[S@](=O)C(C)(C)C)c1cc(OCc2ccccc2)cc(C(F)F)c1. The van der Waals surface area contributed by atoms with Gasteiger partial charge in [-0.1, -0.05) is 30.3 Å². The van der Waals surface area contributed by atoms with Crippen molar-refractivity contribution in [2.75, 3.05) is 0 Å². The van der Waals surface area contributed by atoms with E-state index in [0.717, 1.165) is 5.56 Å². The number of hydrogen-bond donors (Lipinski definition) is 1. The first kappa shape index (κ1) is 20.5. The summed E-state index contributed by atoms with van der Waals surface area (Å²) in [6.07, 6.45) is -2.60. The Morgan fingerprint density at radius 2 is 1.69 bits per heavy atom. The molecule has 0 spiro atoms. The van der Waals surface area contributed by atoms with Gasteiger partial charge in [0.25, 0.3) is 6.43 Å². The highest BCUT2D eigenvalue weighted by molar-refractivity contribution is 7.84. The molecule has 0 unspecified atom stereocenters. The summed E-state index contributed by atoms with van der Waals surface area (Å²) in [4.78, 5) is 0. The van der Waals surface area contributed by atoms with Crippen LogP contribution in [-0.2, 0) is 17.6 Å². The summed E-state index contributed by atoms with van der Waals surface area (Å²) >= 11 is 0. The fourth-order valence-corrected chi connectivity index (χ4v) is 3.06. The van der Waals surface area contributed by atoms with Crippen LogP contribution in [0.4, 0.5) is 8.78 Å². The third-order valence-electron chi connectivity index (χ3n) is 3.79. The van der Waals surface area contributed by atoms with Gasteiger partial charge in [-0.05, 0) is 57.0 Å². The number of benzene rings is 2. The summed E-state index contributed by atoms with van der Waals surface area (Å²) in [5, 5.41) is 0. The fourth-order valence-electron chi connectivity index (χ4n) is 2.25. The molecule has 0 saturated heterocycles. The van der Waals surface area contributed by atoms with Crippen LogP contribution >= 0.6 is 0 Å². The average molecular weight is 381 g/mol. The lowest BCUT2D eigenvalue weighted by Crippen LogP contribution is -2.34. The van der Waals surface area contributed by atoms with Crippen molar-refractivity contribution in [3.8, 4) is 5.75 Å². The monoisotopic (exact) mass is 381 g/mol. The predicted molar refractivity (Wildman–Crippen MR) is 102 cm³/mol. The molecule has 2 aromatic rings. The number of alkyl halides is 2. The molecule has 0 aliphatic heterocycles. The molecule has 0 heterocycles. The number of ether oxygens (including phenoxy) is 1. The van der Waals surface area contributed by atoms with Crippen LogP contribution in [0.2, 0.25) is 0 Å². The molecule has 0 radical (unpaired) electrons. The zero-order chi connectivity index (χ0) is 19.3. The maximum atomic E-state index is 13.3. The van der Waals surface area contributed by atoms with Crippen LogP contribution in [0, 0.1) is 0 Å². The van der Waals surface area contributed by atoms with E-state index in [1.54, 1.807) is 13.0 Å². The minimum atomic E-state index is -2.60. The molecule has 0 saturated carbocycles. The molecule has 142 valence electrons. The van der Waals surface area contributed by atoms with Crippen LogP contribution in [0.15, 0.2) is 48.5 Å². The standard InChI is InChI=1S/C20H25F2NO2S/c1-14(23-26(24)20(2,3)4)16-10-17(19(21)22)12-18(11-16)25-13-15-8-6-5-7-9-15/h5-12,14,19,23H,13H2,1-4H3/t14-,26-/m1/s1. The molecule has 1 N–H and O–H groups in total. The molecule has 2 rings (SSSR count). The summed E-state index contributed by atoms with van der Waals surface area (Å²) in [5.74, 6) is 0.372. The van der Waals surface area contributed by atoms with Crippen LogP contribution in [-0.4, -0.2) is 8.96 Å². The lowest BCUT2D eigenvalue weighted by molar-refractivity contribution is 0.150. The Balaban J connectivity index is 2.20. The molecule has 0 amide bonds. The zero-order valence-corrected chi connectivity index (χ0v) is 16.3. The van der Waals surface area contributed by atoms with Crippen molar-refractivity contribution in [3.05, 3.63) is 65.2 Å². The summed E-state index contributed by atoms with van der Waals surface area (Å²) < 4.78 is 47.1. The van der Waals surface area contributed by atoms with Gasteiger partial charge in [0.05, 0.1) is 15.7 Å². The second-order valence-electron chi connectivity index (χ2n) is 7.13. The lowest BCUT2D eigenvalue weighted by atomic mass is 10.1. The van der Waals surface area contributed by atoms with E-state index in [2.05, 4.69) is 4.72 Å². The van der Waals surface area contributed by atoms with Gasteiger partial charge in [-0.2, -0.15) is 0 Å². The van der Waals surface area contributed by atoms with E-state index < -0.39 is 22.2 Å². The Kier molecular flexibility index (Phi) is 6.89. The molecule has 0 aromatic heterocycles. The predicted octanol–water partition coefficient (Wildman–Crippen LogP) is 5.32. The van der Waals surface area contributed by atoms with E-state index >= 15 is 0 Å². The highest BCUT2D eigenvalue weighted by Crippen LogP contribution is 2.29. The van der Waals surface area contributed by atoms with Crippen LogP contribution in [0.5, 0.6) is 5.75 Å². The van der Waals surface area contributed by atoms with Crippen molar-refractivity contribution in [2.24, 2.45) is 0 Å². The highest BCUT2D eigenvalue weighted by atomic mass is 32.2. The fraction of sp³-hybridized carbons (Fsp3) is 0.400. The van der Waals surface area contributed by atoms with Gasteiger partial charge in [0, 0.05) is 11.6 Å². The number of nitrogens with one attached hydrogen (secondary N) is 1. The van der Waals surface area contributed by atoms with Crippen LogP contribution in [0.3, 0.4) is 0 Å². The minimum absolute atomic E-state index is 0.110. The smallest absolute Gasteiger partial charge is 0.263 e. The average Bonchev–Trinajstić information content (AvgIpc) is 2.59. The molecule has 0 aliphatic carbocycles. The topological polar surface area (TPSA) is 38.3 Å². The lowest BCUT2D eigenvalue weighted by Gasteiger charge is -2.23. The van der Waals surface area contributed by atoms with Gasteiger partial charge in [-0.3, -0.25) is 0 Å². The van der Waals surface area contributed by atoms with E-state index in [1.165, 1.54) is 12.1 Å². The van der Waals surface area contributed by atoms with Gasteiger partial charge in [0.1, 0.15) is 12.4 Å². The first-order valence-electron chi connectivity index (χ1n) is 8.44. The van der Waals surface area contributed by atoms with Crippen LogP contribution in [0.25, 0.3) is 0 Å². The molecular weight excluding hydrogens is 356 g/mol. The van der Waals surface area contributed by atoms with Gasteiger partial charge < -0.3 is 4.74 Å². The third-order valence-corrected chi connectivity index (χ3v) is 5.47. The van der Waals surface area contributed by atoms with Crippen molar-refractivity contribution in [1.82, 2.24) is 4.72 Å². The van der Waals surface area contributed by atoms with E-state index in [0.29, 0.717) is 17.9 Å². The van der Waals surface area contributed by atoms with Gasteiger partial charge >= 0.3 is 0 Å². The molecular formula is C20H25F2NO2S. The van der Waals surface area contributed by atoms with Crippen molar-refractivity contribution < 1.29 is 17.7 Å². The minimum Gasteiger partial charge on any atom is -0.489 e. The maximum Gasteiger partial charge on any atom is 0.263 e. The van der Waals surface area contributed by atoms with E-state index in [-0.39, 0.29) is 11.6 Å². The van der Waals surface area contributed by atoms with E-state index in [1.807, 2.05) is 51.1 Å². The molecule has 2 atom stereocenters. The summed E-state index contributed by atoms with van der Waals surface area (Å²) in [5.41, 5.74) is 1.46. The molecule has 3 nitrogen and oxygen atoms in total. The Hall–Kier alpha value is -1.79. The molecule has 0 fully saturated rings. The molecule has 6 heteroatoms. The number of hydrogen-bond acceptors (Lipinski definition) is 2. The summed E-state index contributed by atoms with van der Waals surface area (Å²) in [7, 11) is -1.30. The second-order valence-corrected chi connectivity index (χ2v) is 9.13. The zero-order valence-electron chi connectivity index (χ0n) is 15.5. The van der Waals surface area contributed by atoms with Gasteiger partial charge in [-0.25, -0.2) is 17.7 Å². The van der Waals surface area contributed by atoms with Gasteiger partial charge in [0.2, 0.25) is 0 Å². The third kappa shape index (κ3) is 5.88. The second kappa shape index (κ2) is 8.73. The Morgan fingerprint density at radius 3 is 2.27 bits per heavy atom. The van der Waals surface area contributed by atoms with Crippen molar-refractivity contribution in [1.29, 1.82) is 0 Å². The molecule has 0 aliphatic rings. The summed E-state index contributed by atoms with van der Waals surface area (Å²) in [6.45, 7) is 7.66. The Bertz CT molecular complexity index is 745. The molecule has 26 heavy (non-hydrogen) atoms. The quantitative estimate of drug-likeness (QED) is 0.705. The Morgan fingerprint density at radius 1 is 1.08 bits per heavy atom. The highest BCUT2D eigenvalue weighted by Gasteiger charge is 2.22. The van der Waals surface area contributed by atoms with Crippen molar-refractivity contribution in [2.45, 2.75) is 51.5 Å². The molecule has 2 aromatic carbocycles. The van der Waals surface area contributed by atoms with E-state index in [4.69, 9.17) is 4.74 Å². The van der Waals surface area contributed by atoms with E-state index in [9.17, 15) is 13.0 Å². The normalized spacial score (nSPS) is 14.3. The van der Waals surface area contributed by atoms with Crippen LogP contribution < -0.4 is 9.46 Å². The first-order valence-corrected chi connectivity index (χ1v) is 9.59. The Labute approximate surface area is 156 Å². The number of halogens is 2. The largest absolute Gasteiger partial charge is 0.489 e. The van der Waals surface area contributed by atoms with Gasteiger partial charge in [0.15, 0.2) is 0 Å². The van der Waals surface area contributed by atoms with Gasteiger partial charge in [-0.15, -0.1) is 0 Å². The maximum absolute atomic E-state index is 13.3. The number of rotatable bonds is 7. The first-order chi connectivity index (χ1) is 12.2.